The first-order valence-electron chi connectivity index (χ1n) is 5.24. The van der Waals surface area contributed by atoms with Crippen LogP contribution in [0.3, 0.4) is 0 Å². The Kier molecular flexibility index (Phi) is 3.36. The van der Waals surface area contributed by atoms with Gasteiger partial charge in [0, 0.05) is 18.4 Å². The second kappa shape index (κ2) is 4.76. The van der Waals surface area contributed by atoms with Gasteiger partial charge in [0.25, 0.3) is 0 Å². The van der Waals surface area contributed by atoms with E-state index in [2.05, 4.69) is 9.97 Å². The van der Waals surface area contributed by atoms with Gasteiger partial charge in [0.15, 0.2) is 0 Å². The summed E-state index contributed by atoms with van der Waals surface area (Å²) in [5.41, 5.74) is 2.02. The SMILES string of the molecule is Cc1ccc2c(Cl)nc(CCCO)nc2c1. The van der Waals surface area contributed by atoms with Crippen molar-refractivity contribution in [3.05, 3.63) is 34.7 Å². The van der Waals surface area contributed by atoms with Crippen LogP contribution in [0.4, 0.5) is 0 Å². The maximum Gasteiger partial charge on any atom is 0.140 e. The van der Waals surface area contributed by atoms with E-state index in [0.29, 0.717) is 23.8 Å². The summed E-state index contributed by atoms with van der Waals surface area (Å²) in [5.74, 6) is 0.692. The van der Waals surface area contributed by atoms with Gasteiger partial charge in [-0.15, -0.1) is 0 Å². The standard InChI is InChI=1S/C12H13ClN2O/c1-8-4-5-9-10(7-8)14-11(3-2-6-16)15-12(9)13/h4-5,7,16H,2-3,6H2,1H3. The van der Waals surface area contributed by atoms with Gasteiger partial charge in [-0.3, -0.25) is 0 Å². The highest BCUT2D eigenvalue weighted by Gasteiger charge is 2.05. The molecule has 0 bridgehead atoms. The van der Waals surface area contributed by atoms with E-state index in [1.807, 2.05) is 25.1 Å². The van der Waals surface area contributed by atoms with Crippen LogP contribution >= 0.6 is 11.6 Å². The van der Waals surface area contributed by atoms with Crippen molar-refractivity contribution >= 4 is 22.5 Å². The lowest BCUT2D eigenvalue weighted by Crippen LogP contribution is -1.98. The number of benzene rings is 1. The van der Waals surface area contributed by atoms with Crippen molar-refractivity contribution in [3.63, 3.8) is 0 Å². The Labute approximate surface area is 99.1 Å². The molecule has 0 aliphatic carbocycles. The summed E-state index contributed by atoms with van der Waals surface area (Å²) in [6.07, 6.45) is 1.31. The van der Waals surface area contributed by atoms with E-state index in [1.165, 1.54) is 0 Å². The lowest BCUT2D eigenvalue weighted by molar-refractivity contribution is 0.287. The molecule has 4 heteroatoms. The summed E-state index contributed by atoms with van der Waals surface area (Å²) in [6.45, 7) is 2.16. The lowest BCUT2D eigenvalue weighted by atomic mass is 10.2. The number of rotatable bonds is 3. The van der Waals surface area contributed by atoms with Crippen LogP contribution < -0.4 is 0 Å². The molecule has 2 rings (SSSR count). The average Bonchev–Trinajstić information content (AvgIpc) is 2.25. The van der Waals surface area contributed by atoms with Gasteiger partial charge in [0.1, 0.15) is 11.0 Å². The quantitative estimate of drug-likeness (QED) is 0.833. The van der Waals surface area contributed by atoms with Crippen LogP contribution in [0.15, 0.2) is 18.2 Å². The van der Waals surface area contributed by atoms with E-state index in [-0.39, 0.29) is 6.61 Å². The number of aryl methyl sites for hydroxylation is 2. The van der Waals surface area contributed by atoms with Crippen molar-refractivity contribution in [2.24, 2.45) is 0 Å². The maximum absolute atomic E-state index is 8.77. The predicted molar refractivity (Wildman–Crippen MR) is 64.7 cm³/mol. The molecule has 0 spiro atoms. The third-order valence-electron chi connectivity index (χ3n) is 2.41. The molecule has 2 aromatic rings. The van der Waals surface area contributed by atoms with E-state index < -0.39 is 0 Å². The Hall–Kier alpha value is -1.19. The fourth-order valence-electron chi connectivity index (χ4n) is 1.60. The molecule has 0 radical (unpaired) electrons. The van der Waals surface area contributed by atoms with Crippen molar-refractivity contribution in [2.75, 3.05) is 6.61 Å². The van der Waals surface area contributed by atoms with Crippen molar-refractivity contribution in [1.82, 2.24) is 9.97 Å². The van der Waals surface area contributed by atoms with Gasteiger partial charge in [0.05, 0.1) is 5.52 Å². The first-order chi connectivity index (χ1) is 7.70. The summed E-state index contributed by atoms with van der Waals surface area (Å²) < 4.78 is 0. The molecular weight excluding hydrogens is 224 g/mol. The number of halogens is 1. The molecule has 1 aromatic heterocycles. The molecule has 84 valence electrons. The summed E-state index contributed by atoms with van der Waals surface area (Å²) in [7, 11) is 0. The smallest absolute Gasteiger partial charge is 0.140 e. The zero-order chi connectivity index (χ0) is 11.5. The molecule has 0 saturated heterocycles. The molecule has 0 unspecified atom stereocenters. The fraction of sp³-hybridized carbons (Fsp3) is 0.333. The minimum Gasteiger partial charge on any atom is -0.396 e. The predicted octanol–water partition coefficient (Wildman–Crippen LogP) is 2.52. The molecule has 0 fully saturated rings. The van der Waals surface area contributed by atoms with Gasteiger partial charge in [0.2, 0.25) is 0 Å². The Bertz CT molecular complexity index is 514. The molecule has 0 atom stereocenters. The molecule has 0 amide bonds. The zero-order valence-corrected chi connectivity index (χ0v) is 9.83. The highest BCUT2D eigenvalue weighted by atomic mass is 35.5. The molecule has 0 aliphatic heterocycles. The highest BCUT2D eigenvalue weighted by molar-refractivity contribution is 6.34. The van der Waals surface area contributed by atoms with E-state index in [9.17, 15) is 0 Å². The van der Waals surface area contributed by atoms with Gasteiger partial charge in [-0.05, 0) is 31.0 Å². The number of fused-ring (bicyclic) bond motifs is 1. The van der Waals surface area contributed by atoms with Gasteiger partial charge in [-0.25, -0.2) is 9.97 Å². The van der Waals surface area contributed by atoms with Gasteiger partial charge < -0.3 is 5.11 Å². The Morgan fingerprint density at radius 3 is 2.88 bits per heavy atom. The number of aromatic nitrogens is 2. The monoisotopic (exact) mass is 236 g/mol. The summed E-state index contributed by atoms with van der Waals surface area (Å²) >= 11 is 6.08. The third-order valence-corrected chi connectivity index (χ3v) is 2.70. The maximum atomic E-state index is 8.77. The second-order valence-corrected chi connectivity index (χ2v) is 4.14. The molecular formula is C12H13ClN2O. The minimum absolute atomic E-state index is 0.146. The molecule has 0 saturated carbocycles. The highest BCUT2D eigenvalue weighted by Crippen LogP contribution is 2.21. The van der Waals surface area contributed by atoms with Crippen molar-refractivity contribution in [2.45, 2.75) is 19.8 Å². The molecule has 16 heavy (non-hydrogen) atoms. The first-order valence-corrected chi connectivity index (χ1v) is 5.62. The second-order valence-electron chi connectivity index (χ2n) is 3.78. The largest absolute Gasteiger partial charge is 0.396 e. The van der Waals surface area contributed by atoms with Crippen LogP contribution in [0.5, 0.6) is 0 Å². The van der Waals surface area contributed by atoms with Crippen LogP contribution in [-0.4, -0.2) is 21.7 Å². The number of hydrogen-bond donors (Lipinski definition) is 1. The van der Waals surface area contributed by atoms with Crippen LogP contribution in [0.1, 0.15) is 17.8 Å². The summed E-state index contributed by atoms with van der Waals surface area (Å²) in [4.78, 5) is 8.64. The van der Waals surface area contributed by atoms with Crippen LogP contribution in [-0.2, 0) is 6.42 Å². The topological polar surface area (TPSA) is 46.0 Å². The first kappa shape index (κ1) is 11.3. The molecule has 1 N–H and O–H groups in total. The summed E-state index contributed by atoms with van der Waals surface area (Å²) in [6, 6.07) is 5.92. The number of aliphatic hydroxyl groups is 1. The van der Waals surface area contributed by atoms with Crippen LogP contribution in [0.2, 0.25) is 5.15 Å². The lowest BCUT2D eigenvalue weighted by Gasteiger charge is -2.04. The third kappa shape index (κ3) is 2.31. The van der Waals surface area contributed by atoms with Crippen LogP contribution in [0.25, 0.3) is 10.9 Å². The number of hydrogen-bond acceptors (Lipinski definition) is 3. The van der Waals surface area contributed by atoms with E-state index >= 15 is 0 Å². The fourth-order valence-corrected chi connectivity index (χ4v) is 1.85. The molecule has 3 nitrogen and oxygen atoms in total. The van der Waals surface area contributed by atoms with Gasteiger partial charge in [-0.1, -0.05) is 17.7 Å². The zero-order valence-electron chi connectivity index (χ0n) is 9.07. The number of aliphatic hydroxyl groups excluding tert-OH is 1. The normalized spacial score (nSPS) is 10.9. The molecule has 1 aromatic carbocycles. The van der Waals surface area contributed by atoms with E-state index in [4.69, 9.17) is 16.7 Å². The Balaban J connectivity index is 2.47. The Morgan fingerprint density at radius 1 is 1.31 bits per heavy atom. The van der Waals surface area contributed by atoms with Crippen LogP contribution in [0, 0.1) is 6.92 Å². The van der Waals surface area contributed by atoms with Crippen molar-refractivity contribution in [3.8, 4) is 0 Å². The number of nitrogens with zero attached hydrogens (tertiary/aromatic N) is 2. The minimum atomic E-state index is 0.146. The average molecular weight is 237 g/mol. The summed E-state index contributed by atoms with van der Waals surface area (Å²) in [5, 5.41) is 10.1. The van der Waals surface area contributed by atoms with E-state index in [0.717, 1.165) is 16.5 Å². The molecule has 0 aliphatic rings. The van der Waals surface area contributed by atoms with Gasteiger partial charge >= 0.3 is 0 Å². The van der Waals surface area contributed by atoms with Gasteiger partial charge in [-0.2, -0.15) is 0 Å². The molecule has 1 heterocycles. The van der Waals surface area contributed by atoms with Crippen molar-refractivity contribution in [1.29, 1.82) is 0 Å². The Morgan fingerprint density at radius 2 is 2.12 bits per heavy atom. The van der Waals surface area contributed by atoms with E-state index in [1.54, 1.807) is 0 Å². The van der Waals surface area contributed by atoms with Crippen molar-refractivity contribution < 1.29 is 5.11 Å².